The van der Waals surface area contributed by atoms with Gasteiger partial charge in [0, 0.05) is 24.3 Å². The van der Waals surface area contributed by atoms with E-state index in [1.165, 1.54) is 11.8 Å². The second-order valence-electron chi connectivity index (χ2n) is 4.41. The minimum Gasteiger partial charge on any atom is -0.394 e. The molecule has 1 heterocycles. The number of rotatable bonds is 6. The Kier molecular flexibility index (Phi) is 5.84. The first-order valence-electron chi connectivity index (χ1n) is 5.97. The molecule has 102 valence electrons. The molecule has 0 bridgehead atoms. The Hall–Kier alpha value is -0.850. The van der Waals surface area contributed by atoms with E-state index < -0.39 is 6.10 Å². The Morgan fingerprint density at radius 2 is 2.00 bits per heavy atom. The molecule has 0 aromatic carbocycles. The van der Waals surface area contributed by atoms with Gasteiger partial charge in [0.25, 0.3) is 0 Å². The molecule has 0 aliphatic rings. The van der Waals surface area contributed by atoms with E-state index in [4.69, 9.17) is 5.11 Å². The van der Waals surface area contributed by atoms with Gasteiger partial charge in [-0.3, -0.25) is 0 Å². The van der Waals surface area contributed by atoms with Crippen LogP contribution in [0, 0.1) is 6.92 Å². The summed E-state index contributed by atoms with van der Waals surface area (Å²) in [5.74, 6) is 2.27. The average molecular weight is 271 g/mol. The molecule has 18 heavy (non-hydrogen) atoms. The van der Waals surface area contributed by atoms with Gasteiger partial charge in [0.05, 0.1) is 12.7 Å². The van der Waals surface area contributed by atoms with Gasteiger partial charge in [-0.25, -0.2) is 9.97 Å². The monoisotopic (exact) mass is 271 g/mol. The highest BCUT2D eigenvalue weighted by molar-refractivity contribution is 7.99. The first-order chi connectivity index (χ1) is 8.49. The number of aromatic nitrogens is 2. The minimum atomic E-state index is -0.718. The lowest BCUT2D eigenvalue weighted by molar-refractivity contribution is 0.113. The molecule has 1 atom stereocenters. The van der Waals surface area contributed by atoms with E-state index in [9.17, 15) is 5.11 Å². The van der Waals surface area contributed by atoms with E-state index >= 15 is 0 Å². The Morgan fingerprint density at radius 1 is 1.33 bits per heavy atom. The molecule has 0 aliphatic heterocycles. The first kappa shape index (κ1) is 15.2. The van der Waals surface area contributed by atoms with Crippen LogP contribution in [0.4, 0.5) is 5.82 Å². The summed E-state index contributed by atoms with van der Waals surface area (Å²) in [5, 5.41) is 22.1. The standard InChI is InChI=1S/C12H21N3O2S/c1-7(2)10-14-11(13-4)8(3)12(15-10)18-6-9(17)5-16/h7,9,16-17H,5-6H2,1-4H3,(H,13,14,15). The number of hydrogen-bond acceptors (Lipinski definition) is 6. The van der Waals surface area contributed by atoms with Gasteiger partial charge < -0.3 is 15.5 Å². The maximum absolute atomic E-state index is 9.39. The molecule has 0 aliphatic carbocycles. The summed E-state index contributed by atoms with van der Waals surface area (Å²) in [4.78, 5) is 8.96. The van der Waals surface area contributed by atoms with Crippen molar-refractivity contribution in [2.45, 2.75) is 37.8 Å². The van der Waals surface area contributed by atoms with Crippen molar-refractivity contribution in [3.8, 4) is 0 Å². The van der Waals surface area contributed by atoms with Crippen molar-refractivity contribution in [2.75, 3.05) is 24.7 Å². The van der Waals surface area contributed by atoms with Gasteiger partial charge in [0.15, 0.2) is 0 Å². The largest absolute Gasteiger partial charge is 0.394 e. The van der Waals surface area contributed by atoms with Crippen LogP contribution in [0.25, 0.3) is 0 Å². The number of hydrogen-bond donors (Lipinski definition) is 3. The van der Waals surface area contributed by atoms with Gasteiger partial charge in [0.2, 0.25) is 0 Å². The zero-order valence-electron chi connectivity index (χ0n) is 11.3. The fourth-order valence-electron chi connectivity index (χ4n) is 1.38. The van der Waals surface area contributed by atoms with Gasteiger partial charge >= 0.3 is 0 Å². The first-order valence-corrected chi connectivity index (χ1v) is 6.96. The van der Waals surface area contributed by atoms with Crippen molar-refractivity contribution in [3.63, 3.8) is 0 Å². The van der Waals surface area contributed by atoms with Gasteiger partial charge in [-0.05, 0) is 6.92 Å². The highest BCUT2D eigenvalue weighted by atomic mass is 32.2. The molecule has 1 aromatic heterocycles. The van der Waals surface area contributed by atoms with Gasteiger partial charge in [-0.1, -0.05) is 13.8 Å². The third-order valence-electron chi connectivity index (χ3n) is 2.49. The summed E-state index contributed by atoms with van der Waals surface area (Å²) in [6.07, 6.45) is -0.718. The fourth-order valence-corrected chi connectivity index (χ4v) is 2.31. The van der Waals surface area contributed by atoms with E-state index in [0.29, 0.717) is 5.75 Å². The summed E-state index contributed by atoms with van der Waals surface area (Å²) in [6, 6.07) is 0. The molecule has 0 spiro atoms. The molecule has 0 fully saturated rings. The predicted octanol–water partition coefficient (Wildman–Crippen LogP) is 1.40. The lowest BCUT2D eigenvalue weighted by atomic mass is 10.2. The van der Waals surface area contributed by atoms with Crippen LogP contribution in [0.3, 0.4) is 0 Å². The number of aliphatic hydroxyl groups excluding tert-OH is 2. The van der Waals surface area contributed by atoms with Crippen molar-refractivity contribution < 1.29 is 10.2 Å². The summed E-state index contributed by atoms with van der Waals surface area (Å²) in [5.41, 5.74) is 0.969. The van der Waals surface area contributed by atoms with E-state index in [0.717, 1.165) is 22.2 Å². The van der Waals surface area contributed by atoms with Crippen LogP contribution in [0.15, 0.2) is 5.03 Å². The SMILES string of the molecule is CNc1nc(C(C)C)nc(SCC(O)CO)c1C. The van der Waals surface area contributed by atoms with Crippen molar-refractivity contribution >= 4 is 17.6 Å². The minimum absolute atomic E-state index is 0.229. The summed E-state index contributed by atoms with van der Waals surface area (Å²) < 4.78 is 0. The van der Waals surface area contributed by atoms with Crippen LogP contribution >= 0.6 is 11.8 Å². The molecule has 3 N–H and O–H groups in total. The number of aliphatic hydroxyl groups is 2. The molecule has 0 radical (unpaired) electrons. The number of anilines is 1. The second-order valence-corrected chi connectivity index (χ2v) is 5.42. The Morgan fingerprint density at radius 3 is 2.50 bits per heavy atom. The van der Waals surface area contributed by atoms with Gasteiger partial charge in [-0.15, -0.1) is 11.8 Å². The summed E-state index contributed by atoms with van der Waals surface area (Å²) in [6.45, 7) is 5.80. The van der Waals surface area contributed by atoms with Crippen molar-refractivity contribution in [1.82, 2.24) is 9.97 Å². The van der Waals surface area contributed by atoms with Gasteiger partial charge in [-0.2, -0.15) is 0 Å². The molecule has 1 aromatic rings. The molecular weight excluding hydrogens is 250 g/mol. The summed E-state index contributed by atoms with van der Waals surface area (Å²) >= 11 is 1.44. The van der Waals surface area contributed by atoms with E-state index in [2.05, 4.69) is 15.3 Å². The smallest absolute Gasteiger partial charge is 0.134 e. The van der Waals surface area contributed by atoms with Crippen LogP contribution < -0.4 is 5.32 Å². The Labute approximate surface area is 112 Å². The van der Waals surface area contributed by atoms with E-state index in [1.54, 1.807) is 0 Å². The van der Waals surface area contributed by atoms with E-state index in [1.807, 2.05) is 27.8 Å². The maximum Gasteiger partial charge on any atom is 0.134 e. The molecule has 6 heteroatoms. The Bertz CT molecular complexity index is 399. The van der Waals surface area contributed by atoms with Crippen molar-refractivity contribution in [3.05, 3.63) is 11.4 Å². The molecule has 0 saturated heterocycles. The quantitative estimate of drug-likeness (QED) is 0.536. The number of thioether (sulfide) groups is 1. The number of nitrogens with zero attached hydrogens (tertiary/aromatic N) is 2. The third kappa shape index (κ3) is 3.83. The molecule has 5 nitrogen and oxygen atoms in total. The second kappa shape index (κ2) is 6.92. The average Bonchev–Trinajstić information content (AvgIpc) is 2.36. The zero-order chi connectivity index (χ0) is 13.7. The highest BCUT2D eigenvalue weighted by Gasteiger charge is 2.14. The zero-order valence-corrected chi connectivity index (χ0v) is 12.1. The van der Waals surface area contributed by atoms with Gasteiger partial charge in [0.1, 0.15) is 16.7 Å². The Balaban J connectivity index is 2.97. The fraction of sp³-hybridized carbons (Fsp3) is 0.667. The third-order valence-corrected chi connectivity index (χ3v) is 3.72. The predicted molar refractivity (Wildman–Crippen MR) is 74.2 cm³/mol. The van der Waals surface area contributed by atoms with Crippen LogP contribution in [0.5, 0.6) is 0 Å². The highest BCUT2D eigenvalue weighted by Crippen LogP contribution is 2.27. The number of nitrogens with one attached hydrogen (secondary N) is 1. The normalized spacial score (nSPS) is 12.8. The van der Waals surface area contributed by atoms with Crippen LogP contribution in [0.1, 0.15) is 31.2 Å². The molecule has 1 rings (SSSR count). The molecular formula is C12H21N3O2S. The van der Waals surface area contributed by atoms with Crippen molar-refractivity contribution in [2.24, 2.45) is 0 Å². The van der Waals surface area contributed by atoms with Crippen LogP contribution in [0.2, 0.25) is 0 Å². The lowest BCUT2D eigenvalue weighted by Crippen LogP contribution is -2.15. The molecule has 1 unspecified atom stereocenters. The summed E-state index contributed by atoms with van der Waals surface area (Å²) in [7, 11) is 1.83. The lowest BCUT2D eigenvalue weighted by Gasteiger charge is -2.14. The van der Waals surface area contributed by atoms with Crippen LogP contribution in [-0.4, -0.2) is 45.7 Å². The molecule has 0 amide bonds. The maximum atomic E-state index is 9.39. The van der Waals surface area contributed by atoms with Crippen molar-refractivity contribution in [1.29, 1.82) is 0 Å². The van der Waals surface area contributed by atoms with E-state index in [-0.39, 0.29) is 12.5 Å². The topological polar surface area (TPSA) is 78.3 Å². The van der Waals surface area contributed by atoms with Crippen LogP contribution in [-0.2, 0) is 0 Å². The molecule has 0 saturated carbocycles.